The maximum atomic E-state index is 12.6. The van der Waals surface area contributed by atoms with E-state index in [1.165, 1.54) is 11.3 Å². The molecule has 4 rings (SSSR count). The maximum Gasteiger partial charge on any atom is 0.315 e. The Labute approximate surface area is 187 Å². The van der Waals surface area contributed by atoms with Crippen molar-refractivity contribution >= 4 is 34.7 Å². The monoisotopic (exact) mass is 457 g/mol. The van der Waals surface area contributed by atoms with Crippen molar-refractivity contribution < 1.29 is 14.1 Å². The van der Waals surface area contributed by atoms with Crippen LogP contribution in [0.5, 0.6) is 0 Å². The van der Waals surface area contributed by atoms with Crippen LogP contribution in [-0.2, 0) is 22.5 Å². The van der Waals surface area contributed by atoms with E-state index in [4.69, 9.17) is 26.6 Å². The standard InChI is InChI=1S/C21H20ClN5O3S/c1-2-29-21(28)15(7-13-3-6-20(23)24-9-13)16-11-27(12-25-16)10-14-8-17(30-26-14)18-4-5-19(22)31-18/h3-6,8-9,11-12,15H,2,7,10H2,1H3,(H2,23,24). The second kappa shape index (κ2) is 9.32. The molecule has 0 aliphatic rings. The number of nitrogens with two attached hydrogens (primary N) is 1. The van der Waals surface area contributed by atoms with E-state index in [-0.39, 0.29) is 5.97 Å². The molecule has 0 aromatic carbocycles. The normalized spacial score (nSPS) is 12.1. The number of nitrogen functional groups attached to an aromatic ring is 1. The summed E-state index contributed by atoms with van der Waals surface area (Å²) in [5, 5.41) is 4.12. The van der Waals surface area contributed by atoms with E-state index in [1.807, 2.05) is 35.0 Å². The van der Waals surface area contributed by atoms with Crippen LogP contribution in [0.2, 0.25) is 4.34 Å². The number of carbonyl (C=O) groups excluding carboxylic acids is 1. The predicted octanol–water partition coefficient (Wildman–Crippen LogP) is 4.17. The van der Waals surface area contributed by atoms with E-state index in [2.05, 4.69) is 15.1 Å². The smallest absolute Gasteiger partial charge is 0.315 e. The van der Waals surface area contributed by atoms with Crippen LogP contribution in [-0.4, -0.2) is 32.3 Å². The molecule has 0 saturated heterocycles. The Kier molecular flexibility index (Phi) is 6.34. The molecule has 0 bridgehead atoms. The SMILES string of the molecule is CCOC(=O)C(Cc1ccc(N)nc1)c1cn(Cc2cc(-c3ccc(Cl)s3)on2)cn1. The summed E-state index contributed by atoms with van der Waals surface area (Å²) in [5.74, 6) is 0.209. The molecule has 10 heteroatoms. The molecule has 31 heavy (non-hydrogen) atoms. The van der Waals surface area contributed by atoms with E-state index < -0.39 is 5.92 Å². The highest BCUT2D eigenvalue weighted by atomic mass is 35.5. The topological polar surface area (TPSA) is 109 Å². The Bertz CT molecular complexity index is 1170. The summed E-state index contributed by atoms with van der Waals surface area (Å²) >= 11 is 7.42. The van der Waals surface area contributed by atoms with Crippen molar-refractivity contribution in [3.05, 3.63) is 70.3 Å². The summed E-state index contributed by atoms with van der Waals surface area (Å²) in [4.78, 5) is 22.0. The molecule has 4 heterocycles. The molecule has 0 amide bonds. The van der Waals surface area contributed by atoms with Crippen molar-refractivity contribution in [2.75, 3.05) is 12.3 Å². The molecule has 4 aromatic rings. The molecule has 0 aliphatic heterocycles. The van der Waals surface area contributed by atoms with Crippen molar-refractivity contribution in [2.24, 2.45) is 0 Å². The van der Waals surface area contributed by atoms with Gasteiger partial charge in [0.05, 0.1) is 34.4 Å². The predicted molar refractivity (Wildman–Crippen MR) is 118 cm³/mol. The second-order valence-corrected chi connectivity index (χ2v) is 8.57. The molecular weight excluding hydrogens is 438 g/mol. The molecule has 0 fully saturated rings. The molecule has 0 radical (unpaired) electrons. The van der Waals surface area contributed by atoms with Gasteiger partial charge < -0.3 is 19.6 Å². The Morgan fingerprint density at radius 3 is 2.90 bits per heavy atom. The minimum Gasteiger partial charge on any atom is -0.465 e. The van der Waals surface area contributed by atoms with Crippen molar-refractivity contribution in [3.8, 4) is 10.6 Å². The van der Waals surface area contributed by atoms with E-state index in [0.717, 1.165) is 16.1 Å². The van der Waals surface area contributed by atoms with Crippen LogP contribution in [0.1, 0.15) is 29.8 Å². The Morgan fingerprint density at radius 2 is 2.19 bits per heavy atom. The molecule has 2 N–H and O–H groups in total. The fraction of sp³-hybridized carbons (Fsp3) is 0.238. The van der Waals surface area contributed by atoms with Gasteiger partial charge in [0, 0.05) is 18.5 Å². The maximum absolute atomic E-state index is 12.6. The summed E-state index contributed by atoms with van der Waals surface area (Å²) in [6, 6.07) is 9.13. The zero-order valence-electron chi connectivity index (χ0n) is 16.7. The lowest BCUT2D eigenvalue weighted by Crippen LogP contribution is -2.19. The third kappa shape index (κ3) is 5.12. The highest BCUT2D eigenvalue weighted by Gasteiger charge is 2.25. The first-order valence-electron chi connectivity index (χ1n) is 9.62. The molecule has 1 unspecified atom stereocenters. The van der Waals surface area contributed by atoms with Gasteiger partial charge in [-0.2, -0.15) is 0 Å². The number of halogens is 1. The number of anilines is 1. The van der Waals surface area contributed by atoms with E-state index in [9.17, 15) is 4.79 Å². The minimum atomic E-state index is -0.548. The Balaban J connectivity index is 1.51. The van der Waals surface area contributed by atoms with Crippen LogP contribution in [0.25, 0.3) is 10.6 Å². The second-order valence-electron chi connectivity index (χ2n) is 6.86. The Hall–Kier alpha value is -3.17. The largest absolute Gasteiger partial charge is 0.465 e. The first-order chi connectivity index (χ1) is 15.0. The lowest BCUT2D eigenvalue weighted by molar-refractivity contribution is -0.145. The van der Waals surface area contributed by atoms with Crippen molar-refractivity contribution in [2.45, 2.75) is 25.8 Å². The number of thiophene rings is 1. The number of ether oxygens (including phenoxy) is 1. The summed E-state index contributed by atoms with van der Waals surface area (Å²) in [6.07, 6.45) is 5.56. The fourth-order valence-corrected chi connectivity index (χ4v) is 4.12. The van der Waals surface area contributed by atoms with Crippen molar-refractivity contribution in [1.82, 2.24) is 19.7 Å². The van der Waals surface area contributed by atoms with E-state index in [0.29, 0.717) is 41.2 Å². The molecule has 1 atom stereocenters. The Morgan fingerprint density at radius 1 is 1.32 bits per heavy atom. The number of aromatic nitrogens is 4. The van der Waals surface area contributed by atoms with Crippen molar-refractivity contribution in [3.63, 3.8) is 0 Å². The molecule has 0 saturated carbocycles. The number of hydrogen-bond donors (Lipinski definition) is 1. The zero-order valence-corrected chi connectivity index (χ0v) is 18.3. The zero-order chi connectivity index (χ0) is 21.8. The van der Waals surface area contributed by atoms with E-state index >= 15 is 0 Å². The molecule has 0 spiro atoms. The van der Waals surface area contributed by atoms with Crippen LogP contribution in [0, 0.1) is 0 Å². The number of nitrogens with zero attached hydrogens (tertiary/aromatic N) is 4. The number of imidazole rings is 1. The molecule has 8 nitrogen and oxygen atoms in total. The van der Waals surface area contributed by atoms with Crippen molar-refractivity contribution in [1.29, 1.82) is 0 Å². The first-order valence-corrected chi connectivity index (χ1v) is 10.8. The molecule has 4 aromatic heterocycles. The molecular formula is C21H20ClN5O3S. The van der Waals surface area contributed by atoms with Gasteiger partial charge in [-0.05, 0) is 37.1 Å². The van der Waals surface area contributed by atoms with Crippen LogP contribution >= 0.6 is 22.9 Å². The quantitative estimate of drug-likeness (QED) is 0.395. The summed E-state index contributed by atoms with van der Waals surface area (Å²) in [5.41, 5.74) is 7.88. The number of hydrogen-bond acceptors (Lipinski definition) is 8. The highest BCUT2D eigenvalue weighted by molar-refractivity contribution is 7.19. The number of esters is 1. The molecule has 160 valence electrons. The minimum absolute atomic E-state index is 0.296. The molecule has 0 aliphatic carbocycles. The van der Waals surface area contributed by atoms with Crippen LogP contribution in [0.4, 0.5) is 5.82 Å². The number of rotatable bonds is 8. The fourth-order valence-electron chi connectivity index (χ4n) is 3.12. The van der Waals surface area contributed by atoms with Gasteiger partial charge in [-0.15, -0.1) is 11.3 Å². The van der Waals surface area contributed by atoms with Gasteiger partial charge in [0.15, 0.2) is 5.76 Å². The van der Waals surface area contributed by atoms with Crippen LogP contribution in [0.15, 0.2) is 53.6 Å². The number of carbonyl (C=O) groups is 1. The van der Waals surface area contributed by atoms with Crippen LogP contribution in [0.3, 0.4) is 0 Å². The van der Waals surface area contributed by atoms with Gasteiger partial charge in [0.2, 0.25) is 0 Å². The van der Waals surface area contributed by atoms with Gasteiger partial charge in [-0.1, -0.05) is 22.8 Å². The lowest BCUT2D eigenvalue weighted by Gasteiger charge is -2.13. The van der Waals surface area contributed by atoms with Gasteiger partial charge >= 0.3 is 5.97 Å². The van der Waals surface area contributed by atoms with Gasteiger partial charge in [-0.25, -0.2) is 9.97 Å². The van der Waals surface area contributed by atoms with E-state index in [1.54, 1.807) is 25.5 Å². The van der Waals surface area contributed by atoms with Gasteiger partial charge in [0.1, 0.15) is 17.4 Å². The summed E-state index contributed by atoms with van der Waals surface area (Å²) in [6.45, 7) is 2.53. The summed E-state index contributed by atoms with van der Waals surface area (Å²) < 4.78 is 13.2. The number of pyridine rings is 1. The third-order valence-corrected chi connectivity index (χ3v) is 5.83. The third-order valence-electron chi connectivity index (χ3n) is 4.59. The first kappa shape index (κ1) is 21.1. The average molecular weight is 458 g/mol. The lowest BCUT2D eigenvalue weighted by atomic mass is 9.97. The van der Waals surface area contributed by atoms with Gasteiger partial charge in [-0.3, -0.25) is 4.79 Å². The average Bonchev–Trinajstić information content (AvgIpc) is 3.49. The highest BCUT2D eigenvalue weighted by Crippen LogP contribution is 2.31. The van der Waals surface area contributed by atoms with Gasteiger partial charge in [0.25, 0.3) is 0 Å². The summed E-state index contributed by atoms with van der Waals surface area (Å²) in [7, 11) is 0. The van der Waals surface area contributed by atoms with Crippen LogP contribution < -0.4 is 5.73 Å².